The van der Waals surface area contributed by atoms with Gasteiger partial charge in [-0.1, -0.05) is 18.2 Å². The molecule has 0 bridgehead atoms. The topological polar surface area (TPSA) is 86.4 Å². The van der Waals surface area contributed by atoms with Gasteiger partial charge in [0.2, 0.25) is 0 Å². The van der Waals surface area contributed by atoms with E-state index < -0.39 is 0 Å². The van der Waals surface area contributed by atoms with Crippen LogP contribution in [-0.4, -0.2) is 44.2 Å². The minimum Gasteiger partial charge on any atom is -0.376 e. The second-order valence-electron chi connectivity index (χ2n) is 8.82. The summed E-state index contributed by atoms with van der Waals surface area (Å²) in [7, 11) is 3.96. The van der Waals surface area contributed by atoms with Crippen LogP contribution in [0.2, 0.25) is 0 Å². The summed E-state index contributed by atoms with van der Waals surface area (Å²) in [5.74, 6) is 0.364. The first-order chi connectivity index (χ1) is 17.0. The van der Waals surface area contributed by atoms with E-state index in [1.807, 2.05) is 62.4 Å². The molecule has 2 aromatic carbocycles. The van der Waals surface area contributed by atoms with E-state index in [2.05, 4.69) is 31.2 Å². The van der Waals surface area contributed by atoms with Gasteiger partial charge in [-0.2, -0.15) is 5.10 Å². The van der Waals surface area contributed by atoms with Gasteiger partial charge in [-0.25, -0.2) is 9.37 Å². The number of rotatable bonds is 4. The fourth-order valence-electron chi connectivity index (χ4n) is 4.34. The number of benzene rings is 2. The Balaban J connectivity index is 1.48. The van der Waals surface area contributed by atoms with Gasteiger partial charge in [0.05, 0.1) is 40.3 Å². The van der Waals surface area contributed by atoms with Crippen molar-refractivity contribution in [1.82, 2.24) is 30.1 Å². The van der Waals surface area contributed by atoms with Gasteiger partial charge < -0.3 is 9.88 Å². The number of hydrogen-bond acceptors (Lipinski definition) is 5. The number of anilines is 1. The molecule has 0 aliphatic heterocycles. The molecule has 4 heterocycles. The van der Waals surface area contributed by atoms with Crippen molar-refractivity contribution < 1.29 is 4.39 Å². The number of imidazole rings is 1. The zero-order chi connectivity index (χ0) is 24.1. The summed E-state index contributed by atoms with van der Waals surface area (Å²) in [6, 6.07) is 14.9. The zero-order valence-corrected chi connectivity index (χ0v) is 19.5. The maximum atomic E-state index is 14.1. The molecular weight excluding hydrogens is 441 g/mol. The lowest BCUT2D eigenvalue weighted by Gasteiger charge is -2.12. The number of nitrogens with one attached hydrogen (secondary N) is 2. The van der Waals surface area contributed by atoms with Crippen molar-refractivity contribution in [3.05, 3.63) is 78.5 Å². The second kappa shape index (κ2) is 8.02. The van der Waals surface area contributed by atoms with Crippen molar-refractivity contribution in [3.63, 3.8) is 0 Å². The molecule has 0 atom stereocenters. The normalized spacial score (nSPS) is 11.4. The van der Waals surface area contributed by atoms with E-state index in [9.17, 15) is 4.39 Å². The van der Waals surface area contributed by atoms with Crippen molar-refractivity contribution >= 4 is 27.6 Å². The third-order valence-corrected chi connectivity index (χ3v) is 6.07. The molecule has 4 aromatic heterocycles. The number of aromatic amines is 2. The van der Waals surface area contributed by atoms with Crippen LogP contribution >= 0.6 is 0 Å². The zero-order valence-electron chi connectivity index (χ0n) is 19.5. The molecule has 0 saturated carbocycles. The van der Waals surface area contributed by atoms with E-state index in [1.54, 1.807) is 12.4 Å². The van der Waals surface area contributed by atoms with Crippen molar-refractivity contribution in [2.45, 2.75) is 6.92 Å². The van der Waals surface area contributed by atoms with E-state index in [1.165, 1.54) is 12.1 Å². The maximum Gasteiger partial charge on any atom is 0.159 e. The number of fused-ring (bicyclic) bond motifs is 2. The van der Waals surface area contributed by atoms with Gasteiger partial charge in [0.1, 0.15) is 11.5 Å². The van der Waals surface area contributed by atoms with Gasteiger partial charge in [-0.15, -0.1) is 0 Å². The highest BCUT2D eigenvalue weighted by molar-refractivity contribution is 5.97. The molecule has 7 nitrogen and oxygen atoms in total. The van der Waals surface area contributed by atoms with Crippen LogP contribution < -0.4 is 4.90 Å². The predicted octanol–water partition coefficient (Wildman–Crippen LogP) is 5.74. The first-order valence-corrected chi connectivity index (χ1v) is 11.2. The van der Waals surface area contributed by atoms with Crippen LogP contribution in [0.5, 0.6) is 0 Å². The molecule has 172 valence electrons. The lowest BCUT2D eigenvalue weighted by Crippen LogP contribution is -2.08. The van der Waals surface area contributed by atoms with Crippen LogP contribution in [-0.2, 0) is 0 Å². The molecule has 0 amide bonds. The van der Waals surface area contributed by atoms with Crippen molar-refractivity contribution in [1.29, 1.82) is 0 Å². The molecule has 2 N–H and O–H groups in total. The highest BCUT2D eigenvalue weighted by Crippen LogP contribution is 2.33. The Kier molecular flexibility index (Phi) is 4.81. The maximum absolute atomic E-state index is 14.1. The Bertz CT molecular complexity index is 1690. The standard InChI is InChI=1S/C27H22FN7/c1-15-7-16(9-18(28)8-15)20-5-4-6-22-25(20)32-27(31-22)26-21-11-23(30-14-24(21)33-34-26)17-10-19(35(2)3)13-29-12-17/h4-14H,1-3H3,(H,31,32)(H,33,34). The minimum atomic E-state index is -0.265. The highest BCUT2D eigenvalue weighted by Gasteiger charge is 2.17. The number of hydrogen-bond donors (Lipinski definition) is 2. The number of halogens is 1. The molecule has 35 heavy (non-hydrogen) atoms. The lowest BCUT2D eigenvalue weighted by molar-refractivity contribution is 0.627. The number of pyridine rings is 2. The largest absolute Gasteiger partial charge is 0.376 e. The Labute approximate surface area is 200 Å². The highest BCUT2D eigenvalue weighted by atomic mass is 19.1. The molecule has 0 fully saturated rings. The van der Waals surface area contributed by atoms with Crippen LogP contribution in [0.15, 0.2) is 67.1 Å². The molecule has 8 heteroatoms. The van der Waals surface area contributed by atoms with Gasteiger partial charge >= 0.3 is 0 Å². The van der Waals surface area contributed by atoms with Gasteiger partial charge in [-0.3, -0.25) is 15.1 Å². The summed E-state index contributed by atoms with van der Waals surface area (Å²) in [4.78, 5) is 19.2. The Morgan fingerprint density at radius 1 is 0.914 bits per heavy atom. The summed E-state index contributed by atoms with van der Waals surface area (Å²) in [6.45, 7) is 1.88. The minimum absolute atomic E-state index is 0.265. The number of aryl methyl sites for hydroxylation is 1. The van der Waals surface area contributed by atoms with Gasteiger partial charge in [0, 0.05) is 36.8 Å². The summed E-state index contributed by atoms with van der Waals surface area (Å²) >= 11 is 0. The SMILES string of the molecule is Cc1cc(F)cc(-c2cccc3[nH]c(-c4n[nH]c5cnc(-c6cncc(N(C)C)c6)cc45)nc23)c1. The van der Waals surface area contributed by atoms with Crippen LogP contribution in [0.1, 0.15) is 5.56 Å². The third-order valence-electron chi connectivity index (χ3n) is 6.07. The Hall–Kier alpha value is -4.59. The van der Waals surface area contributed by atoms with Gasteiger partial charge in [0.25, 0.3) is 0 Å². The molecule has 0 spiro atoms. The predicted molar refractivity (Wildman–Crippen MR) is 137 cm³/mol. The third kappa shape index (κ3) is 3.69. The molecule has 0 radical (unpaired) electrons. The monoisotopic (exact) mass is 463 g/mol. The molecule has 0 unspecified atom stereocenters. The molecule has 0 aliphatic rings. The van der Waals surface area contributed by atoms with Gasteiger partial charge in [0.15, 0.2) is 5.82 Å². The van der Waals surface area contributed by atoms with E-state index in [0.717, 1.165) is 55.6 Å². The van der Waals surface area contributed by atoms with Crippen LogP contribution in [0.25, 0.3) is 55.8 Å². The smallest absolute Gasteiger partial charge is 0.159 e. The van der Waals surface area contributed by atoms with Crippen molar-refractivity contribution in [2.24, 2.45) is 0 Å². The summed E-state index contributed by atoms with van der Waals surface area (Å²) < 4.78 is 14.1. The number of aromatic nitrogens is 6. The molecule has 6 rings (SSSR count). The second-order valence-corrected chi connectivity index (χ2v) is 8.82. The van der Waals surface area contributed by atoms with Crippen LogP contribution in [0.4, 0.5) is 10.1 Å². The summed E-state index contributed by atoms with van der Waals surface area (Å²) in [5, 5.41) is 8.48. The fraction of sp³-hybridized carbons (Fsp3) is 0.111. The van der Waals surface area contributed by atoms with E-state index in [-0.39, 0.29) is 5.82 Å². The number of H-pyrrole nitrogens is 2. The average Bonchev–Trinajstić information content (AvgIpc) is 3.47. The first kappa shape index (κ1) is 21.0. The van der Waals surface area contributed by atoms with Gasteiger partial charge in [-0.05, 0) is 48.4 Å². The average molecular weight is 464 g/mol. The molecule has 0 saturated heterocycles. The number of para-hydroxylation sites is 1. The van der Waals surface area contributed by atoms with Crippen LogP contribution in [0, 0.1) is 12.7 Å². The van der Waals surface area contributed by atoms with E-state index >= 15 is 0 Å². The first-order valence-electron chi connectivity index (χ1n) is 11.2. The van der Waals surface area contributed by atoms with Crippen LogP contribution in [0.3, 0.4) is 0 Å². The lowest BCUT2D eigenvalue weighted by atomic mass is 10.0. The van der Waals surface area contributed by atoms with Crippen molar-refractivity contribution in [3.8, 4) is 33.9 Å². The quantitative estimate of drug-likeness (QED) is 0.348. The van der Waals surface area contributed by atoms with Crippen molar-refractivity contribution in [2.75, 3.05) is 19.0 Å². The Morgan fingerprint density at radius 3 is 2.63 bits per heavy atom. The molecule has 0 aliphatic carbocycles. The fourth-order valence-corrected chi connectivity index (χ4v) is 4.34. The Morgan fingerprint density at radius 2 is 1.80 bits per heavy atom. The molecule has 6 aromatic rings. The number of nitrogens with zero attached hydrogens (tertiary/aromatic N) is 5. The molecular formula is C27H22FN7. The summed E-state index contributed by atoms with van der Waals surface area (Å²) in [5.41, 5.74) is 8.34. The van der Waals surface area contributed by atoms with E-state index in [0.29, 0.717) is 11.5 Å². The van der Waals surface area contributed by atoms with E-state index in [4.69, 9.17) is 4.98 Å². The summed E-state index contributed by atoms with van der Waals surface area (Å²) in [6.07, 6.45) is 5.39.